The van der Waals surface area contributed by atoms with Gasteiger partial charge in [-0.3, -0.25) is 0 Å². The van der Waals surface area contributed by atoms with Crippen molar-refractivity contribution in [3.05, 3.63) is 0 Å². The summed E-state index contributed by atoms with van der Waals surface area (Å²) in [5.74, 6) is 0.892. The third-order valence-corrected chi connectivity index (χ3v) is 2.16. The minimum absolute atomic E-state index is 0.753. The van der Waals surface area contributed by atoms with Gasteiger partial charge < -0.3 is 5.32 Å². The Labute approximate surface area is 51.5 Å². The van der Waals surface area contributed by atoms with E-state index in [-0.39, 0.29) is 0 Å². The molecule has 1 rings (SSSR count). The van der Waals surface area contributed by atoms with Crippen molar-refractivity contribution < 1.29 is 0 Å². The summed E-state index contributed by atoms with van der Waals surface area (Å²) in [6.07, 6.45) is 2.78. The molecule has 2 atom stereocenters. The van der Waals surface area contributed by atoms with Crippen LogP contribution in [-0.2, 0) is 0 Å². The van der Waals surface area contributed by atoms with Gasteiger partial charge in [0.25, 0.3) is 0 Å². The molecule has 0 spiro atoms. The smallest absolute Gasteiger partial charge is 0.00643 e. The van der Waals surface area contributed by atoms with Gasteiger partial charge in [0.1, 0.15) is 0 Å². The van der Waals surface area contributed by atoms with Crippen LogP contribution in [0.25, 0.3) is 0 Å². The average Bonchev–Trinajstić information content (AvgIpc) is 1.77. The van der Waals surface area contributed by atoms with Gasteiger partial charge in [0, 0.05) is 6.04 Å². The van der Waals surface area contributed by atoms with E-state index in [4.69, 9.17) is 0 Å². The molecule has 1 aliphatic rings. The molecular formula is C7H15N. The molecule has 1 nitrogen and oxygen atoms in total. The largest absolute Gasteiger partial charge is 0.314 e. The summed E-state index contributed by atoms with van der Waals surface area (Å²) < 4.78 is 0. The van der Waals surface area contributed by atoms with Crippen molar-refractivity contribution in [3.8, 4) is 0 Å². The van der Waals surface area contributed by atoms with E-state index in [9.17, 15) is 0 Å². The zero-order valence-corrected chi connectivity index (χ0v) is 5.78. The Morgan fingerprint density at radius 2 is 2.12 bits per heavy atom. The van der Waals surface area contributed by atoms with Crippen molar-refractivity contribution in [1.29, 1.82) is 0 Å². The van der Waals surface area contributed by atoms with Gasteiger partial charge in [0.15, 0.2) is 0 Å². The van der Waals surface area contributed by atoms with Crippen LogP contribution in [0.3, 0.4) is 0 Å². The van der Waals surface area contributed by atoms with E-state index >= 15 is 0 Å². The van der Waals surface area contributed by atoms with Crippen LogP contribution in [0.15, 0.2) is 0 Å². The molecule has 0 radical (unpaired) electrons. The minimum Gasteiger partial charge on any atom is -0.314 e. The first-order valence-corrected chi connectivity index (χ1v) is 3.54. The first-order valence-electron chi connectivity index (χ1n) is 3.54. The SMILES string of the molecule is CC1CCCN[C@H]1C. The second kappa shape index (κ2) is 2.49. The first-order chi connectivity index (χ1) is 3.80. The lowest BCUT2D eigenvalue weighted by atomic mass is 9.94. The fraction of sp³-hybridized carbons (Fsp3) is 1.00. The Hall–Kier alpha value is -0.0400. The fourth-order valence-electron chi connectivity index (χ4n) is 1.20. The molecular weight excluding hydrogens is 98.1 g/mol. The highest BCUT2D eigenvalue weighted by atomic mass is 14.9. The maximum absolute atomic E-state index is 3.43. The molecule has 1 saturated heterocycles. The summed E-state index contributed by atoms with van der Waals surface area (Å²) in [7, 11) is 0. The number of rotatable bonds is 0. The molecule has 0 saturated carbocycles. The molecule has 0 amide bonds. The normalized spacial score (nSPS) is 39.8. The summed E-state index contributed by atoms with van der Waals surface area (Å²) >= 11 is 0. The third-order valence-electron chi connectivity index (χ3n) is 2.16. The van der Waals surface area contributed by atoms with Gasteiger partial charge in [0.2, 0.25) is 0 Å². The zero-order chi connectivity index (χ0) is 5.98. The summed E-state index contributed by atoms with van der Waals surface area (Å²) in [5, 5.41) is 3.43. The molecule has 1 heteroatoms. The van der Waals surface area contributed by atoms with Gasteiger partial charge in [-0.2, -0.15) is 0 Å². The van der Waals surface area contributed by atoms with E-state index < -0.39 is 0 Å². The van der Waals surface area contributed by atoms with E-state index in [2.05, 4.69) is 19.2 Å². The van der Waals surface area contributed by atoms with Crippen molar-refractivity contribution in [2.75, 3.05) is 6.54 Å². The molecule has 1 heterocycles. The maximum Gasteiger partial charge on any atom is 0.00643 e. The van der Waals surface area contributed by atoms with E-state index in [0.29, 0.717) is 0 Å². The average molecular weight is 113 g/mol. The van der Waals surface area contributed by atoms with Crippen LogP contribution in [-0.4, -0.2) is 12.6 Å². The Balaban J connectivity index is 2.28. The second-order valence-corrected chi connectivity index (χ2v) is 2.86. The predicted octanol–water partition coefficient (Wildman–Crippen LogP) is 1.39. The van der Waals surface area contributed by atoms with Crippen LogP contribution >= 0.6 is 0 Å². The molecule has 0 aromatic carbocycles. The van der Waals surface area contributed by atoms with Gasteiger partial charge >= 0.3 is 0 Å². The molecule has 0 aromatic rings. The molecule has 48 valence electrons. The first kappa shape index (κ1) is 6.09. The minimum atomic E-state index is 0.753. The molecule has 1 N–H and O–H groups in total. The van der Waals surface area contributed by atoms with Crippen LogP contribution in [0.1, 0.15) is 26.7 Å². The topological polar surface area (TPSA) is 12.0 Å². The lowest BCUT2D eigenvalue weighted by molar-refractivity contribution is 0.319. The van der Waals surface area contributed by atoms with Crippen molar-refractivity contribution >= 4 is 0 Å². The molecule has 1 aliphatic heterocycles. The second-order valence-electron chi connectivity index (χ2n) is 2.86. The molecule has 1 fully saturated rings. The maximum atomic E-state index is 3.43. The van der Waals surface area contributed by atoms with Gasteiger partial charge in [-0.25, -0.2) is 0 Å². The van der Waals surface area contributed by atoms with Crippen LogP contribution < -0.4 is 5.32 Å². The van der Waals surface area contributed by atoms with E-state index in [1.807, 2.05) is 0 Å². The predicted molar refractivity (Wildman–Crippen MR) is 35.9 cm³/mol. The van der Waals surface area contributed by atoms with Crippen molar-refractivity contribution in [1.82, 2.24) is 5.32 Å². The highest BCUT2D eigenvalue weighted by Gasteiger charge is 2.14. The van der Waals surface area contributed by atoms with Gasteiger partial charge in [-0.05, 0) is 32.2 Å². The van der Waals surface area contributed by atoms with Crippen LogP contribution in [0.5, 0.6) is 0 Å². The lowest BCUT2D eigenvalue weighted by Gasteiger charge is -2.26. The standard InChI is InChI=1S/C7H15N/c1-6-4-3-5-8-7(6)2/h6-8H,3-5H2,1-2H3/t6?,7-/m0/s1. The Morgan fingerprint density at radius 3 is 2.50 bits per heavy atom. The summed E-state index contributed by atoms with van der Waals surface area (Å²) in [4.78, 5) is 0. The third kappa shape index (κ3) is 1.22. The van der Waals surface area contributed by atoms with Crippen LogP contribution in [0, 0.1) is 5.92 Å². The Bertz CT molecular complexity index is 60.8. The summed E-state index contributed by atoms with van der Waals surface area (Å²) in [6.45, 7) is 5.81. The molecule has 8 heavy (non-hydrogen) atoms. The molecule has 0 bridgehead atoms. The number of hydrogen-bond donors (Lipinski definition) is 1. The quantitative estimate of drug-likeness (QED) is 0.500. The van der Waals surface area contributed by atoms with E-state index in [1.54, 1.807) is 0 Å². The van der Waals surface area contributed by atoms with Gasteiger partial charge in [-0.15, -0.1) is 0 Å². The number of nitrogens with one attached hydrogen (secondary N) is 1. The van der Waals surface area contributed by atoms with Gasteiger partial charge in [-0.1, -0.05) is 6.92 Å². The van der Waals surface area contributed by atoms with Crippen LogP contribution in [0.2, 0.25) is 0 Å². The monoisotopic (exact) mass is 113 g/mol. The van der Waals surface area contributed by atoms with Gasteiger partial charge in [0.05, 0.1) is 0 Å². The zero-order valence-electron chi connectivity index (χ0n) is 5.78. The van der Waals surface area contributed by atoms with E-state index in [1.165, 1.54) is 19.4 Å². The van der Waals surface area contributed by atoms with Crippen molar-refractivity contribution in [3.63, 3.8) is 0 Å². The molecule has 0 aliphatic carbocycles. The Kier molecular flexibility index (Phi) is 1.90. The fourth-order valence-corrected chi connectivity index (χ4v) is 1.20. The molecule has 1 unspecified atom stereocenters. The molecule has 0 aromatic heterocycles. The summed E-state index contributed by atoms with van der Waals surface area (Å²) in [5.41, 5.74) is 0. The number of piperidine rings is 1. The highest BCUT2D eigenvalue weighted by molar-refractivity contribution is 4.73. The van der Waals surface area contributed by atoms with Crippen LogP contribution in [0.4, 0.5) is 0 Å². The Morgan fingerprint density at radius 1 is 1.38 bits per heavy atom. The van der Waals surface area contributed by atoms with Crippen molar-refractivity contribution in [2.45, 2.75) is 32.7 Å². The number of hydrogen-bond acceptors (Lipinski definition) is 1. The lowest BCUT2D eigenvalue weighted by Crippen LogP contribution is -2.37. The summed E-state index contributed by atoms with van der Waals surface area (Å²) in [6, 6.07) is 0.753. The van der Waals surface area contributed by atoms with E-state index in [0.717, 1.165) is 12.0 Å². The van der Waals surface area contributed by atoms with Crippen molar-refractivity contribution in [2.24, 2.45) is 5.92 Å². The highest BCUT2D eigenvalue weighted by Crippen LogP contribution is 2.13.